The number of ether oxygens (including phenoxy) is 1. The first-order valence-corrected chi connectivity index (χ1v) is 5.41. The average molecular weight is 212 g/mol. The second-order valence-electron chi connectivity index (χ2n) is 3.66. The molecule has 0 bridgehead atoms. The van der Waals surface area contributed by atoms with Gasteiger partial charge in [-0.25, -0.2) is 4.98 Å². The van der Waals surface area contributed by atoms with E-state index in [4.69, 9.17) is 4.74 Å². The second kappa shape index (κ2) is 6.53. The van der Waals surface area contributed by atoms with Crippen molar-refractivity contribution in [1.29, 1.82) is 0 Å². The molecular weight excluding hydrogens is 192 g/mol. The lowest BCUT2D eigenvalue weighted by molar-refractivity contribution is 0.136. The van der Waals surface area contributed by atoms with Crippen molar-refractivity contribution in [3.8, 4) is 0 Å². The zero-order valence-electron chi connectivity index (χ0n) is 9.73. The topological polar surface area (TPSA) is 52.0 Å². The third-order valence-corrected chi connectivity index (χ3v) is 1.92. The van der Waals surface area contributed by atoms with Gasteiger partial charge in [-0.15, -0.1) is 0 Å². The van der Waals surface area contributed by atoms with Crippen LogP contribution in [0, 0.1) is 0 Å². The fourth-order valence-electron chi connectivity index (χ4n) is 1.12. The van der Waals surface area contributed by atoms with Gasteiger partial charge in [0, 0.05) is 12.6 Å². The Balaban J connectivity index is 2.29. The van der Waals surface area contributed by atoms with E-state index in [9.17, 15) is 0 Å². The molecule has 0 aliphatic rings. The van der Waals surface area contributed by atoms with Gasteiger partial charge in [-0.3, -0.25) is 4.68 Å². The van der Waals surface area contributed by atoms with Gasteiger partial charge >= 0.3 is 0 Å². The molecule has 0 atom stereocenters. The molecule has 5 heteroatoms. The fourth-order valence-corrected chi connectivity index (χ4v) is 1.12. The molecule has 1 N–H and O–H groups in total. The molecule has 0 aliphatic carbocycles. The van der Waals surface area contributed by atoms with Crippen molar-refractivity contribution in [2.75, 3.05) is 13.2 Å². The van der Waals surface area contributed by atoms with Crippen molar-refractivity contribution in [3.63, 3.8) is 0 Å². The van der Waals surface area contributed by atoms with Crippen LogP contribution >= 0.6 is 0 Å². The van der Waals surface area contributed by atoms with Crippen LogP contribution in [0.25, 0.3) is 0 Å². The Bertz CT molecular complexity index is 272. The van der Waals surface area contributed by atoms with Crippen LogP contribution in [0.4, 0.5) is 0 Å². The van der Waals surface area contributed by atoms with Crippen LogP contribution in [0.2, 0.25) is 0 Å². The van der Waals surface area contributed by atoms with E-state index in [2.05, 4.69) is 29.2 Å². The molecule has 0 amide bonds. The van der Waals surface area contributed by atoms with Crippen molar-refractivity contribution in [1.82, 2.24) is 20.1 Å². The van der Waals surface area contributed by atoms with Gasteiger partial charge in [0.2, 0.25) is 0 Å². The van der Waals surface area contributed by atoms with E-state index in [1.165, 1.54) is 0 Å². The van der Waals surface area contributed by atoms with Crippen molar-refractivity contribution in [3.05, 3.63) is 12.2 Å². The zero-order chi connectivity index (χ0) is 11.1. The van der Waals surface area contributed by atoms with E-state index in [-0.39, 0.29) is 0 Å². The lowest BCUT2D eigenvalue weighted by atomic mass is 10.4. The summed E-state index contributed by atoms with van der Waals surface area (Å²) in [7, 11) is 0. The number of hydrogen-bond acceptors (Lipinski definition) is 4. The Hall–Kier alpha value is -0.940. The highest BCUT2D eigenvalue weighted by atomic mass is 16.5. The Morgan fingerprint density at radius 1 is 1.53 bits per heavy atom. The summed E-state index contributed by atoms with van der Waals surface area (Å²) in [6, 6.07) is 0.459. The molecule has 0 radical (unpaired) electrons. The molecule has 0 saturated heterocycles. The van der Waals surface area contributed by atoms with Crippen LogP contribution in [0.1, 0.15) is 26.6 Å². The highest BCUT2D eigenvalue weighted by Gasteiger charge is 2.01. The first-order valence-electron chi connectivity index (χ1n) is 5.41. The van der Waals surface area contributed by atoms with Gasteiger partial charge in [-0.05, 0) is 6.92 Å². The van der Waals surface area contributed by atoms with Crippen LogP contribution in [0.3, 0.4) is 0 Å². The molecule has 0 spiro atoms. The van der Waals surface area contributed by atoms with Gasteiger partial charge in [0.1, 0.15) is 6.33 Å². The highest BCUT2D eigenvalue weighted by Crippen LogP contribution is 1.91. The minimum absolute atomic E-state index is 0.459. The molecule has 0 saturated carbocycles. The molecule has 0 aromatic carbocycles. The van der Waals surface area contributed by atoms with Crippen LogP contribution in [0.5, 0.6) is 0 Å². The molecule has 1 rings (SSSR count). The normalized spacial score (nSPS) is 11.2. The molecule has 1 heterocycles. The van der Waals surface area contributed by atoms with Gasteiger partial charge < -0.3 is 10.1 Å². The molecule has 1 aromatic rings. The summed E-state index contributed by atoms with van der Waals surface area (Å²) >= 11 is 0. The predicted molar refractivity (Wildman–Crippen MR) is 58.5 cm³/mol. The van der Waals surface area contributed by atoms with E-state index in [1.54, 1.807) is 6.33 Å². The van der Waals surface area contributed by atoms with E-state index in [0.717, 1.165) is 25.5 Å². The van der Waals surface area contributed by atoms with Crippen molar-refractivity contribution < 1.29 is 4.74 Å². The Kier molecular flexibility index (Phi) is 5.28. The molecule has 0 fully saturated rings. The number of aromatic nitrogens is 3. The minimum atomic E-state index is 0.459. The average Bonchev–Trinajstić information content (AvgIpc) is 2.63. The van der Waals surface area contributed by atoms with Gasteiger partial charge in [0.05, 0.1) is 19.7 Å². The molecule has 0 unspecified atom stereocenters. The van der Waals surface area contributed by atoms with Gasteiger partial charge in [0.15, 0.2) is 5.82 Å². The maximum atomic E-state index is 5.24. The summed E-state index contributed by atoms with van der Waals surface area (Å²) < 4.78 is 7.05. The zero-order valence-corrected chi connectivity index (χ0v) is 9.73. The smallest absolute Gasteiger partial charge is 0.164 e. The van der Waals surface area contributed by atoms with Gasteiger partial charge in [0.25, 0.3) is 0 Å². The summed E-state index contributed by atoms with van der Waals surface area (Å²) in [5.41, 5.74) is 0. The number of hydrogen-bond donors (Lipinski definition) is 1. The summed E-state index contributed by atoms with van der Waals surface area (Å²) in [5, 5.41) is 7.59. The molecular formula is C10H20N4O. The van der Waals surface area contributed by atoms with Crippen LogP contribution in [-0.2, 0) is 17.8 Å². The summed E-state index contributed by atoms with van der Waals surface area (Å²) in [5.74, 6) is 0.834. The largest absolute Gasteiger partial charge is 0.380 e. The third-order valence-electron chi connectivity index (χ3n) is 1.92. The third kappa shape index (κ3) is 4.90. The first kappa shape index (κ1) is 12.1. The summed E-state index contributed by atoms with van der Waals surface area (Å²) in [6.45, 7) is 9.12. The van der Waals surface area contributed by atoms with E-state index in [0.29, 0.717) is 12.6 Å². The Labute approximate surface area is 90.8 Å². The molecule has 5 nitrogen and oxygen atoms in total. The van der Waals surface area contributed by atoms with Crippen LogP contribution in [-0.4, -0.2) is 34.0 Å². The van der Waals surface area contributed by atoms with Gasteiger partial charge in [-0.1, -0.05) is 13.8 Å². The standard InChI is InChI=1S/C10H20N4O/c1-4-15-6-5-14-8-12-10(13-14)7-11-9(2)3/h8-9,11H,4-7H2,1-3H3. The number of rotatable bonds is 7. The highest BCUT2D eigenvalue weighted by molar-refractivity contribution is 4.81. The van der Waals surface area contributed by atoms with Crippen LogP contribution in [0.15, 0.2) is 6.33 Å². The molecule has 86 valence electrons. The molecule has 0 aliphatic heterocycles. The number of nitrogens with one attached hydrogen (secondary N) is 1. The van der Waals surface area contributed by atoms with E-state index in [1.807, 2.05) is 11.6 Å². The maximum Gasteiger partial charge on any atom is 0.164 e. The number of nitrogens with zero attached hydrogens (tertiary/aromatic N) is 3. The Morgan fingerprint density at radius 3 is 3.00 bits per heavy atom. The van der Waals surface area contributed by atoms with E-state index >= 15 is 0 Å². The van der Waals surface area contributed by atoms with E-state index < -0.39 is 0 Å². The predicted octanol–water partition coefficient (Wildman–Crippen LogP) is 0.813. The molecule has 1 aromatic heterocycles. The lowest BCUT2D eigenvalue weighted by Crippen LogP contribution is -2.22. The maximum absolute atomic E-state index is 5.24. The van der Waals surface area contributed by atoms with Crippen LogP contribution < -0.4 is 5.32 Å². The van der Waals surface area contributed by atoms with Crippen molar-refractivity contribution >= 4 is 0 Å². The van der Waals surface area contributed by atoms with Crippen molar-refractivity contribution in [2.45, 2.75) is 39.9 Å². The Morgan fingerprint density at radius 2 is 2.33 bits per heavy atom. The SMILES string of the molecule is CCOCCn1cnc(CNC(C)C)n1. The lowest BCUT2D eigenvalue weighted by Gasteiger charge is -2.04. The quantitative estimate of drug-likeness (QED) is 0.680. The minimum Gasteiger partial charge on any atom is -0.380 e. The van der Waals surface area contributed by atoms with Crippen molar-refractivity contribution in [2.24, 2.45) is 0 Å². The second-order valence-corrected chi connectivity index (χ2v) is 3.66. The van der Waals surface area contributed by atoms with Gasteiger partial charge in [-0.2, -0.15) is 5.10 Å². The summed E-state index contributed by atoms with van der Waals surface area (Å²) in [6.07, 6.45) is 1.75. The first-order chi connectivity index (χ1) is 7.22. The summed E-state index contributed by atoms with van der Waals surface area (Å²) in [4.78, 5) is 4.20. The fraction of sp³-hybridized carbons (Fsp3) is 0.800. The monoisotopic (exact) mass is 212 g/mol. The molecule has 15 heavy (non-hydrogen) atoms.